The molecule has 0 bridgehead atoms. The van der Waals surface area contributed by atoms with Crippen molar-refractivity contribution in [1.82, 2.24) is 14.8 Å². The minimum Gasteiger partial charge on any atom is -0.486 e. The summed E-state index contributed by atoms with van der Waals surface area (Å²) in [5, 5.41) is 8.10. The number of ether oxygens (including phenoxy) is 1. The summed E-state index contributed by atoms with van der Waals surface area (Å²) in [5.74, 6) is 2.54. The van der Waals surface area contributed by atoms with Gasteiger partial charge in [-0.25, -0.2) is 0 Å². The molecule has 0 fully saturated rings. The molecule has 2 aromatic rings. The maximum atomic E-state index is 5.98. The number of hydrogen-bond acceptors (Lipinski definition) is 4. The Kier molecular flexibility index (Phi) is 4.74. The van der Waals surface area contributed by atoms with E-state index < -0.39 is 0 Å². The van der Waals surface area contributed by atoms with Crippen LogP contribution in [0.25, 0.3) is 0 Å². The quantitative estimate of drug-likeness (QED) is 0.874. The zero-order valence-corrected chi connectivity index (χ0v) is 12.3. The van der Waals surface area contributed by atoms with Crippen LogP contribution in [0.3, 0.4) is 0 Å². The Morgan fingerprint density at radius 2 is 2.15 bits per heavy atom. The summed E-state index contributed by atoms with van der Waals surface area (Å²) in [4.78, 5) is 0. The second-order valence-electron chi connectivity index (χ2n) is 5.03. The number of rotatable bonds is 6. The van der Waals surface area contributed by atoms with Crippen LogP contribution in [0.4, 0.5) is 0 Å². The molecule has 0 saturated heterocycles. The fraction of sp³-hybridized carbons (Fsp3) is 0.467. The van der Waals surface area contributed by atoms with Crippen molar-refractivity contribution in [2.75, 3.05) is 0 Å². The minimum atomic E-state index is 0.201. The number of aromatic nitrogens is 3. The highest BCUT2D eigenvalue weighted by Crippen LogP contribution is 2.16. The maximum Gasteiger partial charge on any atom is 0.170 e. The number of nitrogens with two attached hydrogens (primary N) is 1. The lowest BCUT2D eigenvalue weighted by atomic mass is 10.0. The number of benzene rings is 1. The standard InChI is InChI=1S/C15H22N4O/c1-4-13(16)8-12-6-5-7-14(9-12)20-10-15-18-17-11(2)19(15)3/h5-7,9,13H,4,8,10,16H2,1-3H3. The third kappa shape index (κ3) is 3.57. The number of nitrogens with zero attached hydrogens (tertiary/aromatic N) is 3. The van der Waals surface area contributed by atoms with Crippen LogP contribution >= 0.6 is 0 Å². The molecular formula is C15H22N4O. The lowest BCUT2D eigenvalue weighted by Crippen LogP contribution is -2.21. The van der Waals surface area contributed by atoms with E-state index in [-0.39, 0.29) is 6.04 Å². The van der Waals surface area contributed by atoms with E-state index in [0.717, 1.165) is 30.2 Å². The summed E-state index contributed by atoms with van der Waals surface area (Å²) in [6.07, 6.45) is 1.85. The van der Waals surface area contributed by atoms with Gasteiger partial charge in [-0.15, -0.1) is 10.2 Å². The fourth-order valence-corrected chi connectivity index (χ4v) is 1.93. The van der Waals surface area contributed by atoms with E-state index in [9.17, 15) is 0 Å². The molecule has 1 heterocycles. The average Bonchev–Trinajstić information content (AvgIpc) is 2.77. The van der Waals surface area contributed by atoms with Crippen molar-refractivity contribution in [3.8, 4) is 5.75 Å². The van der Waals surface area contributed by atoms with E-state index in [1.54, 1.807) is 0 Å². The lowest BCUT2D eigenvalue weighted by molar-refractivity contribution is 0.290. The molecule has 108 valence electrons. The monoisotopic (exact) mass is 274 g/mol. The summed E-state index contributed by atoms with van der Waals surface area (Å²) in [6, 6.07) is 8.26. The number of hydrogen-bond donors (Lipinski definition) is 1. The van der Waals surface area contributed by atoms with Gasteiger partial charge in [0.05, 0.1) is 0 Å². The van der Waals surface area contributed by atoms with E-state index >= 15 is 0 Å². The minimum absolute atomic E-state index is 0.201. The fourth-order valence-electron chi connectivity index (χ4n) is 1.93. The highest BCUT2D eigenvalue weighted by Gasteiger charge is 2.07. The maximum absolute atomic E-state index is 5.98. The van der Waals surface area contributed by atoms with Gasteiger partial charge in [-0.1, -0.05) is 19.1 Å². The summed E-state index contributed by atoms with van der Waals surface area (Å²) in [5.41, 5.74) is 7.18. The van der Waals surface area contributed by atoms with Crippen molar-refractivity contribution >= 4 is 0 Å². The predicted molar refractivity (Wildman–Crippen MR) is 78.5 cm³/mol. The zero-order valence-electron chi connectivity index (χ0n) is 12.3. The first kappa shape index (κ1) is 14.5. The highest BCUT2D eigenvalue weighted by atomic mass is 16.5. The van der Waals surface area contributed by atoms with E-state index in [4.69, 9.17) is 10.5 Å². The van der Waals surface area contributed by atoms with E-state index in [1.165, 1.54) is 5.56 Å². The molecule has 2 N–H and O–H groups in total. The van der Waals surface area contributed by atoms with Crippen molar-refractivity contribution < 1.29 is 4.74 Å². The third-order valence-electron chi connectivity index (χ3n) is 3.47. The Hall–Kier alpha value is -1.88. The molecule has 0 aliphatic carbocycles. The van der Waals surface area contributed by atoms with E-state index in [2.05, 4.69) is 23.2 Å². The SMILES string of the molecule is CCC(N)Cc1cccc(OCc2nnc(C)n2C)c1. The molecule has 0 saturated carbocycles. The molecule has 0 aliphatic rings. The van der Waals surface area contributed by atoms with Crippen LogP contribution in [0.5, 0.6) is 5.75 Å². The zero-order chi connectivity index (χ0) is 14.5. The molecule has 0 amide bonds. The van der Waals surface area contributed by atoms with Crippen LogP contribution in [0.2, 0.25) is 0 Å². The van der Waals surface area contributed by atoms with Gasteiger partial charge in [-0.3, -0.25) is 0 Å². The van der Waals surface area contributed by atoms with Crippen molar-refractivity contribution in [3.05, 3.63) is 41.5 Å². The van der Waals surface area contributed by atoms with Gasteiger partial charge in [0, 0.05) is 13.1 Å². The van der Waals surface area contributed by atoms with Crippen LogP contribution in [-0.2, 0) is 20.1 Å². The first-order valence-electron chi connectivity index (χ1n) is 6.92. The summed E-state index contributed by atoms with van der Waals surface area (Å²) in [7, 11) is 1.94. The molecule has 1 aromatic heterocycles. The Bertz CT molecular complexity index is 565. The highest BCUT2D eigenvalue weighted by molar-refractivity contribution is 5.29. The van der Waals surface area contributed by atoms with Crippen LogP contribution in [0.15, 0.2) is 24.3 Å². The van der Waals surface area contributed by atoms with Crippen molar-refractivity contribution in [2.45, 2.75) is 39.3 Å². The molecule has 0 spiro atoms. The van der Waals surface area contributed by atoms with E-state index in [0.29, 0.717) is 6.61 Å². The van der Waals surface area contributed by atoms with Crippen LogP contribution in [0.1, 0.15) is 30.6 Å². The summed E-state index contributed by atoms with van der Waals surface area (Å²) >= 11 is 0. The molecule has 1 atom stereocenters. The molecule has 0 radical (unpaired) electrons. The van der Waals surface area contributed by atoms with Gasteiger partial charge < -0.3 is 15.0 Å². The van der Waals surface area contributed by atoms with E-state index in [1.807, 2.05) is 36.7 Å². The second-order valence-corrected chi connectivity index (χ2v) is 5.03. The molecule has 1 aromatic carbocycles. The molecule has 0 aliphatic heterocycles. The van der Waals surface area contributed by atoms with Gasteiger partial charge in [0.15, 0.2) is 5.82 Å². The molecule has 20 heavy (non-hydrogen) atoms. The Morgan fingerprint density at radius 1 is 1.35 bits per heavy atom. The Labute approximate surface area is 119 Å². The Balaban J connectivity index is 1.99. The lowest BCUT2D eigenvalue weighted by Gasteiger charge is -2.11. The van der Waals surface area contributed by atoms with Crippen molar-refractivity contribution in [3.63, 3.8) is 0 Å². The molecular weight excluding hydrogens is 252 g/mol. The first-order chi connectivity index (χ1) is 9.60. The van der Waals surface area contributed by atoms with Crippen LogP contribution in [0, 0.1) is 6.92 Å². The molecule has 5 heteroatoms. The topological polar surface area (TPSA) is 66.0 Å². The normalized spacial score (nSPS) is 12.4. The first-order valence-corrected chi connectivity index (χ1v) is 6.92. The van der Waals surface area contributed by atoms with Gasteiger partial charge >= 0.3 is 0 Å². The number of aryl methyl sites for hydroxylation is 1. The smallest absolute Gasteiger partial charge is 0.170 e. The van der Waals surface area contributed by atoms with Crippen molar-refractivity contribution in [1.29, 1.82) is 0 Å². The summed E-state index contributed by atoms with van der Waals surface area (Å²) < 4.78 is 7.71. The van der Waals surface area contributed by atoms with Gasteiger partial charge in [0.1, 0.15) is 18.2 Å². The van der Waals surface area contributed by atoms with Crippen molar-refractivity contribution in [2.24, 2.45) is 12.8 Å². The van der Waals surface area contributed by atoms with Gasteiger partial charge in [-0.2, -0.15) is 0 Å². The Morgan fingerprint density at radius 3 is 2.80 bits per heavy atom. The largest absolute Gasteiger partial charge is 0.486 e. The van der Waals surface area contributed by atoms with Crippen LogP contribution < -0.4 is 10.5 Å². The molecule has 2 rings (SSSR count). The van der Waals surface area contributed by atoms with Gasteiger partial charge in [-0.05, 0) is 37.5 Å². The predicted octanol–water partition coefficient (Wildman–Crippen LogP) is 1.98. The third-order valence-corrected chi connectivity index (χ3v) is 3.47. The van der Waals surface area contributed by atoms with Crippen LogP contribution in [-0.4, -0.2) is 20.8 Å². The second kappa shape index (κ2) is 6.52. The van der Waals surface area contributed by atoms with Gasteiger partial charge in [0.25, 0.3) is 0 Å². The average molecular weight is 274 g/mol. The van der Waals surface area contributed by atoms with Gasteiger partial charge in [0.2, 0.25) is 0 Å². The molecule has 5 nitrogen and oxygen atoms in total. The summed E-state index contributed by atoms with van der Waals surface area (Å²) in [6.45, 7) is 4.44. The molecule has 1 unspecified atom stereocenters.